The lowest BCUT2D eigenvalue weighted by Gasteiger charge is -2.19. The number of hydrogen-bond donors (Lipinski definition) is 1. The molecule has 0 unspecified atom stereocenters. The SMILES string of the molecule is CCOC(=O)c1c(C=O)c(O)c2cc(OC)c(OC)cc2c1-c1ccc2c(c1)OCO2. The molecule has 1 aliphatic rings. The molecule has 1 heterocycles. The quantitative estimate of drug-likeness (QED) is 0.469. The summed E-state index contributed by atoms with van der Waals surface area (Å²) in [4.78, 5) is 24.9. The van der Waals surface area contributed by atoms with Crippen molar-refractivity contribution in [2.75, 3.05) is 27.6 Å². The van der Waals surface area contributed by atoms with E-state index >= 15 is 0 Å². The zero-order valence-electron chi connectivity index (χ0n) is 17.2. The third-order valence-corrected chi connectivity index (χ3v) is 5.08. The van der Waals surface area contributed by atoms with Gasteiger partial charge in [0, 0.05) is 10.9 Å². The number of hydrogen-bond acceptors (Lipinski definition) is 8. The summed E-state index contributed by atoms with van der Waals surface area (Å²) in [5, 5.41) is 11.7. The van der Waals surface area contributed by atoms with Crippen LogP contribution in [-0.4, -0.2) is 45.0 Å². The number of esters is 1. The van der Waals surface area contributed by atoms with Gasteiger partial charge in [-0.25, -0.2) is 4.79 Å². The Morgan fingerprint density at radius 3 is 2.39 bits per heavy atom. The van der Waals surface area contributed by atoms with Crippen LogP contribution in [0.2, 0.25) is 0 Å². The second-order valence-electron chi connectivity index (χ2n) is 6.67. The van der Waals surface area contributed by atoms with Crippen molar-refractivity contribution in [2.45, 2.75) is 6.92 Å². The van der Waals surface area contributed by atoms with E-state index in [9.17, 15) is 14.7 Å². The number of methoxy groups -OCH3 is 2. The van der Waals surface area contributed by atoms with Gasteiger partial charge in [-0.3, -0.25) is 4.79 Å². The molecule has 0 spiro atoms. The van der Waals surface area contributed by atoms with E-state index in [0.717, 1.165) is 0 Å². The van der Waals surface area contributed by atoms with Crippen molar-refractivity contribution in [3.05, 3.63) is 41.5 Å². The van der Waals surface area contributed by atoms with Gasteiger partial charge in [0.1, 0.15) is 5.75 Å². The highest BCUT2D eigenvalue weighted by Crippen LogP contribution is 2.46. The van der Waals surface area contributed by atoms with E-state index < -0.39 is 5.97 Å². The number of rotatable bonds is 6. The van der Waals surface area contributed by atoms with Crippen LogP contribution < -0.4 is 18.9 Å². The minimum absolute atomic E-state index is 0.0482. The fraction of sp³-hybridized carbons (Fsp3) is 0.217. The molecule has 1 aliphatic heterocycles. The molecule has 8 heteroatoms. The monoisotopic (exact) mass is 424 g/mol. The van der Waals surface area contributed by atoms with Crippen molar-refractivity contribution in [3.8, 4) is 39.9 Å². The fourth-order valence-electron chi connectivity index (χ4n) is 3.70. The summed E-state index contributed by atoms with van der Waals surface area (Å²) < 4.78 is 26.8. The molecule has 1 N–H and O–H groups in total. The lowest BCUT2D eigenvalue weighted by molar-refractivity contribution is 0.0524. The molecule has 0 amide bonds. The van der Waals surface area contributed by atoms with E-state index in [1.165, 1.54) is 14.2 Å². The Bertz CT molecular complexity index is 1200. The zero-order valence-corrected chi connectivity index (χ0v) is 17.2. The van der Waals surface area contributed by atoms with Gasteiger partial charge in [-0.2, -0.15) is 0 Å². The third kappa shape index (κ3) is 3.26. The first-order chi connectivity index (χ1) is 15.0. The first-order valence-electron chi connectivity index (χ1n) is 9.51. The lowest BCUT2D eigenvalue weighted by Crippen LogP contribution is -2.11. The van der Waals surface area contributed by atoms with E-state index in [-0.39, 0.29) is 30.3 Å². The Morgan fingerprint density at radius 2 is 1.74 bits per heavy atom. The minimum Gasteiger partial charge on any atom is -0.507 e. The smallest absolute Gasteiger partial charge is 0.339 e. The highest BCUT2D eigenvalue weighted by Gasteiger charge is 2.28. The summed E-state index contributed by atoms with van der Waals surface area (Å²) in [7, 11) is 2.95. The minimum atomic E-state index is -0.732. The van der Waals surface area contributed by atoms with E-state index in [2.05, 4.69) is 0 Å². The van der Waals surface area contributed by atoms with Crippen molar-refractivity contribution in [2.24, 2.45) is 0 Å². The summed E-state index contributed by atoms with van der Waals surface area (Å²) in [6.45, 7) is 1.85. The molecule has 3 aromatic carbocycles. The van der Waals surface area contributed by atoms with Crippen molar-refractivity contribution in [3.63, 3.8) is 0 Å². The molecule has 0 radical (unpaired) electrons. The second kappa shape index (κ2) is 8.06. The van der Waals surface area contributed by atoms with Crippen molar-refractivity contribution in [1.29, 1.82) is 0 Å². The standard InChI is InChI=1S/C23H20O8/c1-4-29-23(26)21-15(10-24)22(25)14-9-18(28-3)17(27-2)8-13(14)20(21)12-5-6-16-19(7-12)31-11-30-16/h5-10,25H,4,11H2,1-3H3. The predicted octanol–water partition coefficient (Wildman–Crippen LogP) is 3.95. The van der Waals surface area contributed by atoms with Crippen LogP contribution >= 0.6 is 0 Å². The molecule has 0 atom stereocenters. The lowest BCUT2D eigenvalue weighted by atomic mass is 9.88. The number of phenolic OH excluding ortho intramolecular Hbond substituents is 1. The van der Waals surface area contributed by atoms with Gasteiger partial charge < -0.3 is 28.8 Å². The number of fused-ring (bicyclic) bond motifs is 2. The van der Waals surface area contributed by atoms with Gasteiger partial charge in [0.15, 0.2) is 29.3 Å². The van der Waals surface area contributed by atoms with Crippen LogP contribution in [-0.2, 0) is 4.74 Å². The largest absolute Gasteiger partial charge is 0.507 e. The number of aldehydes is 1. The normalized spacial score (nSPS) is 12.0. The third-order valence-electron chi connectivity index (χ3n) is 5.08. The van der Waals surface area contributed by atoms with E-state index in [4.69, 9.17) is 23.7 Å². The molecular weight excluding hydrogens is 404 g/mol. The summed E-state index contributed by atoms with van der Waals surface area (Å²) in [6, 6.07) is 8.37. The van der Waals surface area contributed by atoms with Crippen LogP contribution in [0.5, 0.6) is 28.7 Å². The molecule has 0 saturated carbocycles. The van der Waals surface area contributed by atoms with Gasteiger partial charge in [0.2, 0.25) is 6.79 Å². The molecule has 0 bridgehead atoms. The molecule has 0 aromatic heterocycles. The number of carbonyl (C=O) groups excluding carboxylic acids is 2. The molecule has 0 aliphatic carbocycles. The van der Waals surface area contributed by atoms with Gasteiger partial charge in [-0.05, 0) is 42.1 Å². The Balaban J connectivity index is 2.16. The average Bonchev–Trinajstić information content (AvgIpc) is 3.26. The summed E-state index contributed by atoms with van der Waals surface area (Å²) in [5.41, 5.74) is 0.749. The number of ether oxygens (including phenoxy) is 5. The van der Waals surface area contributed by atoms with Crippen molar-refractivity contribution in [1.82, 2.24) is 0 Å². The number of carbonyl (C=O) groups is 2. The zero-order chi connectivity index (χ0) is 22.1. The van der Waals surface area contributed by atoms with Gasteiger partial charge in [0.05, 0.1) is 32.0 Å². The highest BCUT2D eigenvalue weighted by molar-refractivity contribution is 6.16. The Labute approximate surface area is 177 Å². The molecule has 0 fully saturated rings. The molecule has 160 valence electrons. The van der Waals surface area contributed by atoms with Crippen molar-refractivity contribution < 1.29 is 38.4 Å². The Morgan fingerprint density at radius 1 is 1.06 bits per heavy atom. The fourth-order valence-corrected chi connectivity index (χ4v) is 3.70. The maximum atomic E-state index is 12.9. The number of aromatic hydroxyl groups is 1. The average molecular weight is 424 g/mol. The van der Waals surface area contributed by atoms with E-state index in [1.807, 2.05) is 0 Å². The van der Waals surface area contributed by atoms with Crippen LogP contribution in [0, 0.1) is 0 Å². The summed E-state index contributed by atoms with van der Waals surface area (Å²) in [5.74, 6) is 0.747. The van der Waals surface area contributed by atoms with Crippen LogP contribution in [0.4, 0.5) is 0 Å². The van der Waals surface area contributed by atoms with Crippen LogP contribution in [0.1, 0.15) is 27.6 Å². The van der Waals surface area contributed by atoms with Gasteiger partial charge in [0.25, 0.3) is 0 Å². The number of benzene rings is 3. The van der Waals surface area contributed by atoms with Gasteiger partial charge in [-0.15, -0.1) is 0 Å². The molecular formula is C23H20O8. The van der Waals surface area contributed by atoms with Crippen LogP contribution in [0.3, 0.4) is 0 Å². The molecule has 31 heavy (non-hydrogen) atoms. The number of phenols is 1. The Kier molecular flexibility index (Phi) is 5.29. The molecule has 3 aromatic rings. The van der Waals surface area contributed by atoms with Crippen molar-refractivity contribution >= 4 is 23.0 Å². The topological polar surface area (TPSA) is 101 Å². The Hall–Kier alpha value is -3.94. The second-order valence-corrected chi connectivity index (χ2v) is 6.67. The van der Waals surface area contributed by atoms with E-state index in [0.29, 0.717) is 51.2 Å². The molecule has 0 saturated heterocycles. The first-order valence-corrected chi connectivity index (χ1v) is 9.51. The summed E-state index contributed by atoms with van der Waals surface area (Å²) in [6.07, 6.45) is 0.439. The summed E-state index contributed by atoms with van der Waals surface area (Å²) >= 11 is 0. The van der Waals surface area contributed by atoms with Crippen LogP contribution in [0.15, 0.2) is 30.3 Å². The maximum Gasteiger partial charge on any atom is 0.339 e. The maximum absolute atomic E-state index is 12.9. The predicted molar refractivity (Wildman–Crippen MR) is 112 cm³/mol. The highest BCUT2D eigenvalue weighted by atomic mass is 16.7. The van der Waals surface area contributed by atoms with E-state index in [1.54, 1.807) is 37.3 Å². The molecule has 8 nitrogen and oxygen atoms in total. The first kappa shape index (κ1) is 20.3. The molecule has 4 rings (SSSR count). The van der Waals surface area contributed by atoms with Gasteiger partial charge >= 0.3 is 5.97 Å². The van der Waals surface area contributed by atoms with Gasteiger partial charge in [-0.1, -0.05) is 6.07 Å². The van der Waals surface area contributed by atoms with Crippen LogP contribution in [0.25, 0.3) is 21.9 Å².